The van der Waals surface area contributed by atoms with E-state index in [0.29, 0.717) is 0 Å². The van der Waals surface area contributed by atoms with Crippen LogP contribution < -0.4 is 5.32 Å². The first-order valence-corrected chi connectivity index (χ1v) is 2.92. The SMILES string of the molecule is FC(F)(F)[N]c1ccccc1. The van der Waals surface area contributed by atoms with Crippen LogP contribution in [0.3, 0.4) is 0 Å². The number of benzene rings is 1. The molecule has 0 saturated heterocycles. The third-order valence-corrected chi connectivity index (χ3v) is 1.01. The van der Waals surface area contributed by atoms with Gasteiger partial charge >= 0.3 is 6.30 Å². The van der Waals surface area contributed by atoms with Crippen LogP contribution in [0, 0.1) is 0 Å². The van der Waals surface area contributed by atoms with Gasteiger partial charge in [-0.05, 0) is 12.1 Å². The average Bonchev–Trinajstić information content (AvgIpc) is 1.85. The van der Waals surface area contributed by atoms with Crippen LogP contribution in [0.25, 0.3) is 0 Å². The van der Waals surface area contributed by atoms with Crippen molar-refractivity contribution >= 4 is 5.69 Å². The Morgan fingerprint density at radius 3 is 2.00 bits per heavy atom. The molecule has 0 unspecified atom stereocenters. The molecule has 4 heteroatoms. The van der Waals surface area contributed by atoms with Crippen molar-refractivity contribution in [3.8, 4) is 0 Å². The minimum absolute atomic E-state index is 0.0694. The van der Waals surface area contributed by atoms with Crippen molar-refractivity contribution in [2.75, 3.05) is 0 Å². The number of hydrogen-bond donors (Lipinski definition) is 0. The molecular weight excluding hydrogens is 155 g/mol. The molecule has 1 radical (unpaired) electrons. The van der Waals surface area contributed by atoms with Gasteiger partial charge in [-0.3, -0.25) is 0 Å². The summed E-state index contributed by atoms with van der Waals surface area (Å²) in [7, 11) is 0. The van der Waals surface area contributed by atoms with Crippen molar-refractivity contribution in [2.24, 2.45) is 0 Å². The van der Waals surface area contributed by atoms with Crippen LogP contribution in [0.1, 0.15) is 0 Å². The number of rotatable bonds is 1. The van der Waals surface area contributed by atoms with E-state index in [4.69, 9.17) is 0 Å². The molecule has 0 heterocycles. The molecule has 1 rings (SSSR count). The molecule has 0 fully saturated rings. The lowest BCUT2D eigenvalue weighted by Crippen LogP contribution is -2.19. The van der Waals surface area contributed by atoms with Gasteiger partial charge in [0.25, 0.3) is 0 Å². The lowest BCUT2D eigenvalue weighted by Gasteiger charge is -2.04. The molecule has 59 valence electrons. The summed E-state index contributed by atoms with van der Waals surface area (Å²) >= 11 is 0. The quantitative estimate of drug-likeness (QED) is 0.560. The highest BCUT2D eigenvalue weighted by atomic mass is 19.4. The van der Waals surface area contributed by atoms with Gasteiger partial charge in [-0.1, -0.05) is 18.2 Å². The van der Waals surface area contributed by atoms with E-state index in [1.54, 1.807) is 6.07 Å². The Morgan fingerprint density at radius 1 is 1.00 bits per heavy atom. The molecule has 0 spiro atoms. The third-order valence-electron chi connectivity index (χ3n) is 1.01. The van der Waals surface area contributed by atoms with Crippen molar-refractivity contribution in [3.63, 3.8) is 0 Å². The van der Waals surface area contributed by atoms with Crippen LogP contribution in [0.2, 0.25) is 0 Å². The Kier molecular flexibility index (Phi) is 2.03. The van der Waals surface area contributed by atoms with Gasteiger partial charge in [0.2, 0.25) is 0 Å². The summed E-state index contributed by atoms with van der Waals surface area (Å²) in [5.74, 6) is 0. The second kappa shape index (κ2) is 2.82. The molecule has 0 bridgehead atoms. The fourth-order valence-electron chi connectivity index (χ4n) is 0.649. The number of para-hydroxylation sites is 1. The van der Waals surface area contributed by atoms with Gasteiger partial charge < -0.3 is 0 Å². The highest BCUT2D eigenvalue weighted by Gasteiger charge is 2.29. The van der Waals surface area contributed by atoms with Gasteiger partial charge in [-0.2, -0.15) is 5.32 Å². The topological polar surface area (TPSA) is 14.1 Å². The molecular formula is C7H5F3N. The number of alkyl halides is 3. The molecule has 1 aromatic rings. The maximum absolute atomic E-state index is 11.6. The number of halogens is 3. The molecule has 0 N–H and O–H groups in total. The lowest BCUT2D eigenvalue weighted by molar-refractivity contribution is -0.148. The summed E-state index contributed by atoms with van der Waals surface area (Å²) < 4.78 is 34.7. The molecule has 0 aliphatic rings. The van der Waals surface area contributed by atoms with E-state index in [-0.39, 0.29) is 5.69 Å². The van der Waals surface area contributed by atoms with Crippen LogP contribution in [0.4, 0.5) is 18.9 Å². The Labute approximate surface area is 61.8 Å². The summed E-state index contributed by atoms with van der Waals surface area (Å²) in [5.41, 5.74) is -0.0694. The van der Waals surface area contributed by atoms with Crippen LogP contribution in [-0.2, 0) is 0 Å². The highest BCUT2D eigenvalue weighted by Crippen LogP contribution is 2.18. The fraction of sp³-hybridized carbons (Fsp3) is 0.143. The van der Waals surface area contributed by atoms with Crippen molar-refractivity contribution in [1.29, 1.82) is 0 Å². The van der Waals surface area contributed by atoms with Crippen molar-refractivity contribution in [1.82, 2.24) is 5.32 Å². The maximum atomic E-state index is 11.6. The van der Waals surface area contributed by atoms with E-state index in [2.05, 4.69) is 5.32 Å². The summed E-state index contributed by atoms with van der Waals surface area (Å²) in [6.07, 6.45) is -4.47. The maximum Gasteiger partial charge on any atom is 0.503 e. The average molecular weight is 160 g/mol. The second-order valence-corrected chi connectivity index (χ2v) is 1.92. The fourth-order valence-corrected chi connectivity index (χ4v) is 0.649. The van der Waals surface area contributed by atoms with Crippen molar-refractivity contribution in [3.05, 3.63) is 30.3 Å². The summed E-state index contributed by atoms with van der Waals surface area (Å²) in [4.78, 5) is 0. The van der Waals surface area contributed by atoms with E-state index < -0.39 is 6.30 Å². The smallest absolute Gasteiger partial charge is 0.185 e. The highest BCUT2D eigenvalue weighted by molar-refractivity contribution is 5.34. The van der Waals surface area contributed by atoms with Gasteiger partial charge in [-0.25, -0.2) is 0 Å². The minimum Gasteiger partial charge on any atom is -0.185 e. The van der Waals surface area contributed by atoms with Crippen molar-refractivity contribution < 1.29 is 13.2 Å². The van der Waals surface area contributed by atoms with Gasteiger partial charge in [0.05, 0.1) is 5.69 Å². The summed E-state index contributed by atoms with van der Waals surface area (Å²) in [5, 5.41) is 2.49. The minimum atomic E-state index is -4.47. The monoisotopic (exact) mass is 160 g/mol. The van der Waals surface area contributed by atoms with E-state index in [9.17, 15) is 13.2 Å². The molecule has 0 atom stereocenters. The van der Waals surface area contributed by atoms with Crippen LogP contribution in [0.5, 0.6) is 0 Å². The van der Waals surface area contributed by atoms with Gasteiger partial charge in [0.15, 0.2) is 0 Å². The second-order valence-electron chi connectivity index (χ2n) is 1.92. The summed E-state index contributed by atoms with van der Waals surface area (Å²) in [6, 6.07) is 7.24. The number of hydrogen-bond acceptors (Lipinski definition) is 0. The number of nitrogens with zero attached hydrogens (tertiary/aromatic N) is 1. The van der Waals surface area contributed by atoms with Gasteiger partial charge in [0, 0.05) is 0 Å². The Morgan fingerprint density at radius 2 is 1.55 bits per heavy atom. The molecule has 0 amide bonds. The predicted molar refractivity (Wildman–Crippen MR) is 34.3 cm³/mol. The molecule has 0 aliphatic heterocycles. The third kappa shape index (κ3) is 2.93. The standard InChI is InChI=1S/C7H5F3N/c8-7(9,10)11-6-4-2-1-3-5-6/h1-5H. The van der Waals surface area contributed by atoms with Crippen LogP contribution in [0.15, 0.2) is 30.3 Å². The van der Waals surface area contributed by atoms with Crippen LogP contribution >= 0.6 is 0 Å². The zero-order valence-corrected chi connectivity index (χ0v) is 5.47. The first-order valence-electron chi connectivity index (χ1n) is 2.92. The Bertz CT molecular complexity index is 217. The first-order chi connectivity index (χ1) is 5.08. The zero-order valence-electron chi connectivity index (χ0n) is 5.47. The van der Waals surface area contributed by atoms with E-state index >= 15 is 0 Å². The largest absolute Gasteiger partial charge is 0.503 e. The molecule has 0 aromatic heterocycles. The Hall–Kier alpha value is -1.19. The van der Waals surface area contributed by atoms with E-state index in [1.165, 1.54) is 24.3 Å². The van der Waals surface area contributed by atoms with Crippen molar-refractivity contribution in [2.45, 2.75) is 6.30 Å². The zero-order chi connectivity index (χ0) is 8.32. The molecule has 0 aliphatic carbocycles. The molecule has 1 aromatic carbocycles. The predicted octanol–water partition coefficient (Wildman–Crippen LogP) is 2.44. The van der Waals surface area contributed by atoms with E-state index in [1.807, 2.05) is 0 Å². The molecule has 1 nitrogen and oxygen atoms in total. The Balaban J connectivity index is 2.66. The summed E-state index contributed by atoms with van der Waals surface area (Å²) in [6.45, 7) is 0. The van der Waals surface area contributed by atoms with Gasteiger partial charge in [0.1, 0.15) is 0 Å². The normalized spacial score (nSPS) is 11.2. The molecule has 0 saturated carbocycles. The molecule has 11 heavy (non-hydrogen) atoms. The van der Waals surface area contributed by atoms with Crippen LogP contribution in [-0.4, -0.2) is 6.30 Å². The first kappa shape index (κ1) is 7.91. The van der Waals surface area contributed by atoms with E-state index in [0.717, 1.165) is 0 Å². The van der Waals surface area contributed by atoms with Gasteiger partial charge in [-0.15, -0.1) is 13.2 Å². The lowest BCUT2D eigenvalue weighted by atomic mass is 10.3.